The molecule has 0 aliphatic heterocycles. The van der Waals surface area contributed by atoms with Gasteiger partial charge in [0.2, 0.25) is 15.2 Å². The van der Waals surface area contributed by atoms with Crippen LogP contribution in [0.15, 0.2) is 29.2 Å². The van der Waals surface area contributed by atoms with Crippen LogP contribution in [-0.2, 0) is 10.0 Å². The average Bonchev–Trinajstić information content (AvgIpc) is 2.76. The zero-order valence-electron chi connectivity index (χ0n) is 10.7. The summed E-state index contributed by atoms with van der Waals surface area (Å²) in [5, 5.41) is 0.298. The quantitative estimate of drug-likeness (QED) is 0.620. The summed E-state index contributed by atoms with van der Waals surface area (Å²) >= 11 is 2.44. The molecule has 3 N–H and O–H groups in total. The summed E-state index contributed by atoms with van der Waals surface area (Å²) in [4.78, 5) is 4.85. The van der Waals surface area contributed by atoms with Crippen LogP contribution in [0.25, 0.3) is 0 Å². The van der Waals surface area contributed by atoms with Gasteiger partial charge < -0.3 is 5.73 Å². The lowest BCUT2D eigenvalue weighted by Crippen LogP contribution is -2.18. The normalized spacial score (nSPS) is 11.4. The monoisotopic (exact) mass is 330 g/mol. The van der Waals surface area contributed by atoms with Crippen LogP contribution >= 0.6 is 23.3 Å². The van der Waals surface area contributed by atoms with E-state index >= 15 is 0 Å². The van der Waals surface area contributed by atoms with E-state index < -0.39 is 10.0 Å². The Balaban J connectivity index is 1.88. The molecule has 0 fully saturated rings. The number of thioether (sulfide) groups is 1. The van der Waals surface area contributed by atoms with Crippen LogP contribution in [0.4, 0.5) is 10.8 Å². The summed E-state index contributed by atoms with van der Waals surface area (Å²) in [7, 11) is -3.41. The molecule has 6 nitrogen and oxygen atoms in total. The largest absolute Gasteiger partial charge is 0.398 e. The predicted molar refractivity (Wildman–Crippen MR) is 83.6 cm³/mol. The molecule has 1 aromatic heterocycles. The highest BCUT2D eigenvalue weighted by atomic mass is 32.2. The topological polar surface area (TPSA) is 98.0 Å². The molecule has 1 aromatic carbocycles. The van der Waals surface area contributed by atoms with Crippen molar-refractivity contribution < 1.29 is 8.42 Å². The lowest BCUT2D eigenvalue weighted by molar-refractivity contribution is 0.602. The van der Waals surface area contributed by atoms with Gasteiger partial charge in [0.05, 0.1) is 5.75 Å². The molecule has 0 atom stereocenters. The van der Waals surface area contributed by atoms with E-state index in [1.807, 2.05) is 18.2 Å². The number of nitrogens with zero attached hydrogens (tertiary/aromatic N) is 2. The summed E-state index contributed by atoms with van der Waals surface area (Å²) in [6.45, 7) is 1.71. The highest BCUT2D eigenvalue weighted by Crippen LogP contribution is 2.24. The van der Waals surface area contributed by atoms with E-state index in [9.17, 15) is 8.42 Å². The number of aryl methyl sites for hydroxylation is 1. The van der Waals surface area contributed by atoms with Gasteiger partial charge in [-0.3, -0.25) is 4.72 Å². The summed E-state index contributed by atoms with van der Waals surface area (Å²) in [6.07, 6.45) is 0. The van der Waals surface area contributed by atoms with Crippen molar-refractivity contribution in [3.8, 4) is 0 Å². The van der Waals surface area contributed by atoms with E-state index in [4.69, 9.17) is 5.73 Å². The Morgan fingerprint density at radius 3 is 2.80 bits per heavy atom. The number of nitrogens with two attached hydrogens (primary N) is 1. The maximum absolute atomic E-state index is 11.9. The summed E-state index contributed by atoms with van der Waals surface area (Å²) in [6, 6.07) is 7.37. The number of aromatic nitrogens is 2. The van der Waals surface area contributed by atoms with Crippen molar-refractivity contribution in [1.82, 2.24) is 9.36 Å². The molecular formula is C11H14N4O2S3. The second-order valence-electron chi connectivity index (χ2n) is 3.95. The fraction of sp³-hybridized carbons (Fsp3) is 0.273. The Morgan fingerprint density at radius 2 is 2.15 bits per heavy atom. The van der Waals surface area contributed by atoms with E-state index in [0.717, 1.165) is 16.4 Å². The van der Waals surface area contributed by atoms with Crippen molar-refractivity contribution in [2.45, 2.75) is 11.8 Å². The molecule has 2 aromatic rings. The number of hydrogen-bond donors (Lipinski definition) is 2. The minimum absolute atomic E-state index is 0.00930. The van der Waals surface area contributed by atoms with Crippen molar-refractivity contribution in [2.75, 3.05) is 22.0 Å². The number of benzene rings is 1. The molecule has 1 heterocycles. The number of rotatable bonds is 6. The molecule has 0 saturated carbocycles. The second-order valence-corrected chi connectivity index (χ2v) is 7.68. The first kappa shape index (κ1) is 15.1. The van der Waals surface area contributed by atoms with Crippen molar-refractivity contribution in [2.24, 2.45) is 0 Å². The van der Waals surface area contributed by atoms with Crippen LogP contribution in [0.5, 0.6) is 0 Å². The molecule has 0 saturated heterocycles. The molecule has 108 valence electrons. The van der Waals surface area contributed by atoms with E-state index in [1.54, 1.807) is 13.0 Å². The van der Waals surface area contributed by atoms with Crippen LogP contribution in [0.1, 0.15) is 5.82 Å². The van der Waals surface area contributed by atoms with Crippen LogP contribution in [-0.4, -0.2) is 29.3 Å². The Hall–Kier alpha value is -1.32. The lowest BCUT2D eigenvalue weighted by Gasteiger charge is -2.06. The maximum Gasteiger partial charge on any atom is 0.235 e. The van der Waals surface area contributed by atoms with Gasteiger partial charge >= 0.3 is 0 Å². The minimum atomic E-state index is -3.41. The highest BCUT2D eigenvalue weighted by Gasteiger charge is 2.13. The molecule has 9 heteroatoms. The van der Waals surface area contributed by atoms with Gasteiger partial charge in [0.25, 0.3) is 0 Å². The maximum atomic E-state index is 11.9. The molecule has 20 heavy (non-hydrogen) atoms. The molecule has 0 unspecified atom stereocenters. The Kier molecular flexibility index (Phi) is 4.84. The number of nitrogens with one attached hydrogen (secondary N) is 1. The van der Waals surface area contributed by atoms with Gasteiger partial charge in [0.1, 0.15) is 5.82 Å². The SMILES string of the molecule is Cc1nsc(NS(=O)(=O)CCSc2ccccc2N)n1. The number of anilines is 2. The molecule has 0 bridgehead atoms. The Labute approximate surface area is 126 Å². The molecule has 0 amide bonds. The molecule has 2 rings (SSSR count). The fourth-order valence-electron chi connectivity index (χ4n) is 1.40. The average molecular weight is 330 g/mol. The van der Waals surface area contributed by atoms with Gasteiger partial charge in [-0.05, 0) is 19.1 Å². The van der Waals surface area contributed by atoms with Gasteiger partial charge in [-0.2, -0.15) is 4.37 Å². The van der Waals surface area contributed by atoms with Crippen LogP contribution in [0.2, 0.25) is 0 Å². The van der Waals surface area contributed by atoms with Gasteiger partial charge in [0, 0.05) is 27.9 Å². The summed E-state index contributed by atoms with van der Waals surface area (Å²) < 4.78 is 30.1. The van der Waals surface area contributed by atoms with Gasteiger partial charge in [-0.1, -0.05) is 12.1 Å². The van der Waals surface area contributed by atoms with Gasteiger partial charge in [0.15, 0.2) is 0 Å². The van der Waals surface area contributed by atoms with E-state index in [0.29, 0.717) is 22.4 Å². The lowest BCUT2D eigenvalue weighted by atomic mass is 10.3. The van der Waals surface area contributed by atoms with Gasteiger partial charge in [-0.15, -0.1) is 11.8 Å². The number of sulfonamides is 1. The van der Waals surface area contributed by atoms with Crippen molar-refractivity contribution in [3.63, 3.8) is 0 Å². The summed E-state index contributed by atoms with van der Waals surface area (Å²) in [5.74, 6) is 0.963. The first-order valence-electron chi connectivity index (χ1n) is 5.74. The van der Waals surface area contributed by atoms with Crippen molar-refractivity contribution in [1.29, 1.82) is 0 Å². The molecule has 0 aliphatic carbocycles. The molecular weight excluding hydrogens is 316 g/mol. The number of nitrogen functional groups attached to an aromatic ring is 1. The predicted octanol–water partition coefficient (Wildman–Crippen LogP) is 1.96. The number of hydrogen-bond acceptors (Lipinski definition) is 7. The van der Waals surface area contributed by atoms with Crippen molar-refractivity contribution in [3.05, 3.63) is 30.1 Å². The highest BCUT2D eigenvalue weighted by molar-refractivity contribution is 8.01. The van der Waals surface area contributed by atoms with Gasteiger partial charge in [-0.25, -0.2) is 13.4 Å². The molecule has 0 aliphatic rings. The third-order valence-corrected chi connectivity index (χ3v) is 5.75. The molecule has 0 radical (unpaired) electrons. The standard InChI is InChI=1S/C11H14N4O2S3/c1-8-13-11(19-14-8)15-20(16,17)7-6-18-10-5-3-2-4-9(10)12/h2-5H,6-7,12H2,1H3,(H,13,14,15). The van der Waals surface area contributed by atoms with E-state index in [-0.39, 0.29) is 5.75 Å². The van der Waals surface area contributed by atoms with Crippen LogP contribution in [0.3, 0.4) is 0 Å². The first-order valence-corrected chi connectivity index (χ1v) is 9.15. The van der Waals surface area contributed by atoms with E-state index in [1.165, 1.54) is 11.8 Å². The fourth-order valence-corrected chi connectivity index (χ4v) is 4.61. The van der Waals surface area contributed by atoms with Crippen molar-refractivity contribution >= 4 is 44.1 Å². The Morgan fingerprint density at radius 1 is 1.40 bits per heavy atom. The van der Waals surface area contributed by atoms with Crippen LogP contribution in [0, 0.1) is 6.92 Å². The number of para-hydroxylation sites is 1. The minimum Gasteiger partial charge on any atom is -0.398 e. The third kappa shape index (κ3) is 4.36. The zero-order chi connectivity index (χ0) is 14.6. The second kappa shape index (κ2) is 6.42. The van der Waals surface area contributed by atoms with Crippen LogP contribution < -0.4 is 10.5 Å². The first-order chi connectivity index (χ1) is 9.46. The Bertz CT molecular complexity index is 684. The summed E-state index contributed by atoms with van der Waals surface area (Å²) in [5.41, 5.74) is 6.45. The zero-order valence-corrected chi connectivity index (χ0v) is 13.2. The smallest absolute Gasteiger partial charge is 0.235 e. The molecule has 0 spiro atoms. The van der Waals surface area contributed by atoms with E-state index in [2.05, 4.69) is 14.1 Å². The third-order valence-electron chi connectivity index (χ3n) is 2.30.